The van der Waals surface area contributed by atoms with Crippen molar-refractivity contribution >= 4 is 11.9 Å². The molecule has 0 spiro atoms. The molecule has 0 radical (unpaired) electrons. The molecule has 0 aliphatic carbocycles. The molecule has 0 saturated heterocycles. The van der Waals surface area contributed by atoms with Crippen LogP contribution < -0.4 is 26.9 Å². The maximum Gasteiger partial charge on any atom is 0.326 e. The molecule has 21 heavy (non-hydrogen) atoms. The zero-order valence-electron chi connectivity index (χ0n) is 12.5. The number of aliphatic carboxylic acids is 1. The van der Waals surface area contributed by atoms with E-state index in [4.69, 9.17) is 5.11 Å². The lowest BCUT2D eigenvalue weighted by molar-refractivity contribution is -0.697. The van der Waals surface area contributed by atoms with Crippen LogP contribution in [0.15, 0.2) is 30.6 Å². The molecule has 5 nitrogen and oxygen atoms in total. The van der Waals surface area contributed by atoms with Crippen LogP contribution in [0.4, 0.5) is 0 Å². The second kappa shape index (κ2) is 10.3. The van der Waals surface area contributed by atoms with Crippen LogP contribution in [-0.4, -0.2) is 23.0 Å². The maximum atomic E-state index is 11.7. The number of halogens is 1. The summed E-state index contributed by atoms with van der Waals surface area (Å²) in [5.74, 6) is -1.28. The van der Waals surface area contributed by atoms with Crippen LogP contribution in [0.3, 0.4) is 0 Å². The molecule has 1 atom stereocenters. The van der Waals surface area contributed by atoms with Crippen molar-refractivity contribution in [2.75, 3.05) is 0 Å². The third-order valence-electron chi connectivity index (χ3n) is 3.10. The predicted octanol–water partition coefficient (Wildman–Crippen LogP) is -1.63. The Morgan fingerprint density at radius 2 is 1.76 bits per heavy atom. The van der Waals surface area contributed by atoms with E-state index in [2.05, 4.69) is 9.88 Å². The number of carbonyl (C=O) groups excluding carboxylic acids is 1. The highest BCUT2D eigenvalue weighted by atomic mass is 79.9. The molecule has 6 heteroatoms. The number of hydrogen-bond acceptors (Lipinski definition) is 2. The minimum atomic E-state index is -0.979. The first-order valence-corrected chi connectivity index (χ1v) is 6.97. The summed E-state index contributed by atoms with van der Waals surface area (Å²) in [5.41, 5.74) is 0. The molecular formula is C15H23BrN2O3. The van der Waals surface area contributed by atoms with E-state index in [1.54, 1.807) is 13.8 Å². The number of amides is 1. The van der Waals surface area contributed by atoms with E-state index in [0.29, 0.717) is 6.42 Å². The molecule has 1 heterocycles. The minimum Gasteiger partial charge on any atom is -1.00 e. The number of carboxylic acids is 1. The average Bonchev–Trinajstić information content (AvgIpc) is 2.41. The van der Waals surface area contributed by atoms with Gasteiger partial charge in [0, 0.05) is 25.0 Å². The first-order valence-electron chi connectivity index (χ1n) is 6.97. The largest absolute Gasteiger partial charge is 1.00 e. The van der Waals surface area contributed by atoms with Gasteiger partial charge in [-0.25, -0.2) is 9.36 Å². The van der Waals surface area contributed by atoms with Gasteiger partial charge in [-0.15, -0.1) is 0 Å². The van der Waals surface area contributed by atoms with Gasteiger partial charge in [0.25, 0.3) is 0 Å². The number of aryl methyl sites for hydroxylation is 1. The summed E-state index contributed by atoms with van der Waals surface area (Å²) >= 11 is 0. The fourth-order valence-electron chi connectivity index (χ4n) is 1.92. The van der Waals surface area contributed by atoms with Crippen molar-refractivity contribution in [1.82, 2.24) is 5.32 Å². The zero-order valence-corrected chi connectivity index (χ0v) is 14.0. The number of nitrogens with one attached hydrogen (secondary N) is 1. The number of unbranched alkanes of at least 4 members (excludes halogenated alkanes) is 1. The van der Waals surface area contributed by atoms with Crippen molar-refractivity contribution < 1.29 is 36.2 Å². The van der Waals surface area contributed by atoms with Crippen molar-refractivity contribution in [2.24, 2.45) is 5.92 Å². The van der Waals surface area contributed by atoms with E-state index in [1.165, 1.54) is 0 Å². The van der Waals surface area contributed by atoms with Crippen LogP contribution in [0.5, 0.6) is 0 Å². The molecule has 0 aromatic carbocycles. The topological polar surface area (TPSA) is 70.3 Å². The molecule has 118 valence electrons. The van der Waals surface area contributed by atoms with Crippen LogP contribution in [0.25, 0.3) is 0 Å². The summed E-state index contributed by atoms with van der Waals surface area (Å²) in [4.78, 5) is 22.7. The number of rotatable bonds is 8. The first kappa shape index (κ1) is 19.6. The van der Waals surface area contributed by atoms with Gasteiger partial charge in [0.2, 0.25) is 5.91 Å². The highest BCUT2D eigenvalue weighted by molar-refractivity contribution is 5.83. The van der Waals surface area contributed by atoms with Crippen LogP contribution >= 0.6 is 0 Å². The fraction of sp³-hybridized carbons (Fsp3) is 0.533. The molecule has 0 bridgehead atoms. The number of carbonyl (C=O) groups is 2. The summed E-state index contributed by atoms with van der Waals surface area (Å²) in [6, 6.07) is 5.09. The lowest BCUT2D eigenvalue weighted by atomic mass is 10.0. The molecule has 1 rings (SSSR count). The number of pyridine rings is 1. The molecule has 1 aromatic heterocycles. The fourth-order valence-corrected chi connectivity index (χ4v) is 1.92. The number of carboxylic acid groups (broad SMARTS) is 1. The second-order valence-corrected chi connectivity index (χ2v) is 5.20. The Bertz CT molecular complexity index is 438. The van der Waals surface area contributed by atoms with Gasteiger partial charge < -0.3 is 27.4 Å². The van der Waals surface area contributed by atoms with E-state index < -0.39 is 12.0 Å². The Morgan fingerprint density at radius 3 is 2.29 bits per heavy atom. The van der Waals surface area contributed by atoms with E-state index in [1.807, 2.05) is 30.6 Å². The minimum absolute atomic E-state index is 0. The number of aromatic nitrogens is 1. The van der Waals surface area contributed by atoms with Crippen molar-refractivity contribution in [3.8, 4) is 0 Å². The van der Waals surface area contributed by atoms with Gasteiger partial charge in [-0.05, 0) is 12.3 Å². The zero-order chi connectivity index (χ0) is 15.0. The summed E-state index contributed by atoms with van der Waals surface area (Å²) in [5, 5.41) is 11.6. The van der Waals surface area contributed by atoms with Crippen molar-refractivity contribution in [3.05, 3.63) is 30.6 Å². The highest BCUT2D eigenvalue weighted by Gasteiger charge is 2.22. The molecule has 1 aromatic rings. The van der Waals surface area contributed by atoms with Crippen LogP contribution in [-0.2, 0) is 16.1 Å². The van der Waals surface area contributed by atoms with Gasteiger partial charge in [-0.3, -0.25) is 4.79 Å². The summed E-state index contributed by atoms with van der Waals surface area (Å²) < 4.78 is 2.06. The van der Waals surface area contributed by atoms with Gasteiger partial charge in [-0.1, -0.05) is 19.9 Å². The molecule has 2 N–H and O–H groups in total. The molecule has 0 saturated carbocycles. The van der Waals surface area contributed by atoms with Crippen molar-refractivity contribution in [3.63, 3.8) is 0 Å². The van der Waals surface area contributed by atoms with E-state index >= 15 is 0 Å². The van der Waals surface area contributed by atoms with Gasteiger partial charge in [0.1, 0.15) is 12.6 Å². The van der Waals surface area contributed by atoms with Gasteiger partial charge >= 0.3 is 5.97 Å². The number of hydrogen-bond donors (Lipinski definition) is 2. The third kappa shape index (κ3) is 7.80. The monoisotopic (exact) mass is 358 g/mol. The van der Waals surface area contributed by atoms with Gasteiger partial charge in [-0.2, -0.15) is 0 Å². The normalized spacial score (nSPS) is 11.6. The second-order valence-electron chi connectivity index (χ2n) is 5.20. The first-order chi connectivity index (χ1) is 9.50. The Kier molecular flexibility index (Phi) is 9.62. The Hall–Kier alpha value is -1.43. The SMILES string of the molecule is CC(C)C(NC(=O)CCCC[n+]1ccccc1)C(=O)O.[Br-]. The van der Waals surface area contributed by atoms with Crippen LogP contribution in [0.1, 0.15) is 33.1 Å². The standard InChI is InChI=1S/C15H22N2O3.BrH/c1-12(2)14(15(19)20)16-13(18)8-4-7-11-17-9-5-3-6-10-17;/h3,5-6,9-10,12,14H,4,7-8,11H2,1-2H3,(H-,16,18,19,20);1H. The molecule has 1 amide bonds. The molecule has 0 aliphatic heterocycles. The Labute approximate surface area is 136 Å². The quantitative estimate of drug-likeness (QED) is 0.433. The Morgan fingerprint density at radius 1 is 1.14 bits per heavy atom. The van der Waals surface area contributed by atoms with Crippen molar-refractivity contribution in [1.29, 1.82) is 0 Å². The van der Waals surface area contributed by atoms with Gasteiger partial charge in [0.15, 0.2) is 12.4 Å². The lowest BCUT2D eigenvalue weighted by Crippen LogP contribution is -3.00. The summed E-state index contributed by atoms with van der Waals surface area (Å²) in [6.07, 6.45) is 5.97. The van der Waals surface area contributed by atoms with E-state index in [9.17, 15) is 9.59 Å². The Balaban J connectivity index is 0.00000400. The number of nitrogens with zero attached hydrogens (tertiary/aromatic N) is 1. The summed E-state index contributed by atoms with van der Waals surface area (Å²) in [6.45, 7) is 4.43. The van der Waals surface area contributed by atoms with Crippen LogP contribution in [0.2, 0.25) is 0 Å². The maximum absolute atomic E-state index is 11.7. The summed E-state index contributed by atoms with van der Waals surface area (Å²) in [7, 11) is 0. The molecule has 0 fully saturated rings. The smallest absolute Gasteiger partial charge is 0.326 e. The third-order valence-corrected chi connectivity index (χ3v) is 3.10. The van der Waals surface area contributed by atoms with Crippen LogP contribution in [0, 0.1) is 5.92 Å². The van der Waals surface area contributed by atoms with Crippen molar-refractivity contribution in [2.45, 2.75) is 45.7 Å². The van der Waals surface area contributed by atoms with E-state index in [0.717, 1.165) is 19.4 Å². The molecule has 0 aliphatic rings. The average molecular weight is 359 g/mol. The molecular weight excluding hydrogens is 336 g/mol. The predicted molar refractivity (Wildman–Crippen MR) is 74.9 cm³/mol. The van der Waals surface area contributed by atoms with E-state index in [-0.39, 0.29) is 28.8 Å². The highest BCUT2D eigenvalue weighted by Crippen LogP contribution is 2.03. The lowest BCUT2D eigenvalue weighted by Gasteiger charge is -2.17. The van der Waals surface area contributed by atoms with Gasteiger partial charge in [0.05, 0.1) is 0 Å². The molecule has 1 unspecified atom stereocenters.